The summed E-state index contributed by atoms with van der Waals surface area (Å²) in [7, 11) is 0. The van der Waals surface area contributed by atoms with Gasteiger partial charge in [0.2, 0.25) is 0 Å². The Labute approximate surface area is 122 Å². The molecule has 0 aromatic heterocycles. The topological polar surface area (TPSA) is 32.3 Å². The van der Waals surface area contributed by atoms with Crippen molar-refractivity contribution in [3.05, 3.63) is 29.8 Å². The largest absolute Gasteiger partial charge is 0.324 e. The van der Waals surface area contributed by atoms with Crippen LogP contribution in [0.5, 0.6) is 0 Å². The van der Waals surface area contributed by atoms with Crippen molar-refractivity contribution >= 4 is 11.7 Å². The molecule has 1 aliphatic rings. The van der Waals surface area contributed by atoms with Crippen LogP contribution in [0.2, 0.25) is 0 Å². The first-order valence-corrected chi connectivity index (χ1v) is 7.84. The average Bonchev–Trinajstić information content (AvgIpc) is 2.46. The first-order valence-electron chi connectivity index (χ1n) is 7.84. The van der Waals surface area contributed by atoms with Crippen LogP contribution in [0.3, 0.4) is 0 Å². The predicted molar refractivity (Wildman–Crippen MR) is 84.0 cm³/mol. The normalized spacial score (nSPS) is 18.9. The van der Waals surface area contributed by atoms with Crippen molar-refractivity contribution in [3.8, 4) is 0 Å². The first kappa shape index (κ1) is 14.9. The third-order valence-corrected chi connectivity index (χ3v) is 3.97. The van der Waals surface area contributed by atoms with E-state index in [-0.39, 0.29) is 6.03 Å². The van der Waals surface area contributed by atoms with Crippen molar-refractivity contribution in [1.29, 1.82) is 0 Å². The van der Waals surface area contributed by atoms with E-state index in [0.29, 0.717) is 5.92 Å². The molecule has 1 N–H and O–H groups in total. The molecular formula is C17H26N2O. The van der Waals surface area contributed by atoms with Gasteiger partial charge in [-0.1, -0.05) is 32.4 Å². The summed E-state index contributed by atoms with van der Waals surface area (Å²) in [6.45, 7) is 6.17. The second-order valence-corrected chi connectivity index (χ2v) is 5.92. The highest BCUT2D eigenvalue weighted by Gasteiger charge is 2.20. The van der Waals surface area contributed by atoms with Gasteiger partial charge in [0.05, 0.1) is 0 Å². The van der Waals surface area contributed by atoms with Crippen LogP contribution in [0.15, 0.2) is 24.3 Å². The van der Waals surface area contributed by atoms with Gasteiger partial charge in [0.25, 0.3) is 0 Å². The lowest BCUT2D eigenvalue weighted by molar-refractivity contribution is 0.182. The van der Waals surface area contributed by atoms with Crippen LogP contribution in [0.4, 0.5) is 10.5 Å². The summed E-state index contributed by atoms with van der Waals surface area (Å²) in [5.41, 5.74) is 2.24. The Kier molecular flexibility index (Phi) is 5.45. The number of unbranched alkanes of at least 4 members (excludes halogenated alkanes) is 1. The maximum absolute atomic E-state index is 12.2. The van der Waals surface area contributed by atoms with Crippen LogP contribution in [-0.2, 0) is 6.42 Å². The molecule has 1 aromatic carbocycles. The highest BCUT2D eigenvalue weighted by molar-refractivity contribution is 5.89. The van der Waals surface area contributed by atoms with Gasteiger partial charge in [-0.25, -0.2) is 4.79 Å². The predicted octanol–water partition coefficient (Wildman–Crippen LogP) is 4.29. The number of carbonyl (C=O) groups is 1. The summed E-state index contributed by atoms with van der Waals surface area (Å²) in [4.78, 5) is 14.1. The van der Waals surface area contributed by atoms with E-state index in [0.717, 1.165) is 31.6 Å². The van der Waals surface area contributed by atoms with E-state index in [1.807, 2.05) is 17.0 Å². The molecule has 1 aliphatic heterocycles. The first-order chi connectivity index (χ1) is 9.69. The van der Waals surface area contributed by atoms with E-state index >= 15 is 0 Å². The van der Waals surface area contributed by atoms with Gasteiger partial charge >= 0.3 is 6.03 Å². The molecule has 1 aromatic rings. The number of benzene rings is 1. The molecule has 0 aliphatic carbocycles. The summed E-state index contributed by atoms with van der Waals surface area (Å²) < 4.78 is 0. The molecule has 0 spiro atoms. The van der Waals surface area contributed by atoms with Crippen LogP contribution < -0.4 is 5.32 Å². The number of hydrogen-bond donors (Lipinski definition) is 1. The second kappa shape index (κ2) is 7.32. The van der Waals surface area contributed by atoms with Gasteiger partial charge < -0.3 is 10.2 Å². The minimum Gasteiger partial charge on any atom is -0.324 e. The van der Waals surface area contributed by atoms with Crippen molar-refractivity contribution in [2.45, 2.75) is 46.0 Å². The van der Waals surface area contributed by atoms with Crippen LogP contribution in [-0.4, -0.2) is 24.0 Å². The number of nitrogens with one attached hydrogen (secondary N) is 1. The summed E-state index contributed by atoms with van der Waals surface area (Å²) in [5.74, 6) is 0.617. The molecule has 1 heterocycles. The summed E-state index contributed by atoms with van der Waals surface area (Å²) in [5, 5.41) is 3.00. The smallest absolute Gasteiger partial charge is 0.321 e. The van der Waals surface area contributed by atoms with Crippen LogP contribution in [0.25, 0.3) is 0 Å². The Bertz CT molecular complexity index is 427. The van der Waals surface area contributed by atoms with E-state index in [1.165, 1.54) is 24.8 Å². The molecule has 2 rings (SSSR count). The van der Waals surface area contributed by atoms with Crippen molar-refractivity contribution in [1.82, 2.24) is 4.90 Å². The molecule has 3 heteroatoms. The van der Waals surface area contributed by atoms with Gasteiger partial charge in [0, 0.05) is 18.8 Å². The van der Waals surface area contributed by atoms with Crippen LogP contribution >= 0.6 is 0 Å². The van der Waals surface area contributed by atoms with Gasteiger partial charge in [-0.15, -0.1) is 0 Å². The zero-order valence-electron chi connectivity index (χ0n) is 12.7. The monoisotopic (exact) mass is 274 g/mol. The van der Waals surface area contributed by atoms with E-state index in [1.54, 1.807) is 0 Å². The molecule has 0 bridgehead atoms. The molecule has 0 unspecified atom stereocenters. The van der Waals surface area contributed by atoms with Gasteiger partial charge in [0.15, 0.2) is 0 Å². The lowest BCUT2D eigenvalue weighted by atomic mass is 10.0. The van der Waals surface area contributed by atoms with E-state index < -0.39 is 0 Å². The number of piperidine rings is 1. The fraction of sp³-hybridized carbons (Fsp3) is 0.588. The van der Waals surface area contributed by atoms with Crippen molar-refractivity contribution in [2.75, 3.05) is 18.4 Å². The van der Waals surface area contributed by atoms with Crippen molar-refractivity contribution in [3.63, 3.8) is 0 Å². The third kappa shape index (κ3) is 4.26. The Balaban J connectivity index is 1.87. The molecule has 0 saturated carbocycles. The summed E-state index contributed by atoms with van der Waals surface area (Å²) >= 11 is 0. The quantitative estimate of drug-likeness (QED) is 0.872. The highest BCUT2D eigenvalue weighted by atomic mass is 16.2. The Hall–Kier alpha value is -1.51. The van der Waals surface area contributed by atoms with Gasteiger partial charge in [-0.3, -0.25) is 0 Å². The second-order valence-electron chi connectivity index (χ2n) is 5.92. The minimum absolute atomic E-state index is 0.0397. The molecule has 3 nitrogen and oxygen atoms in total. The number of urea groups is 1. The van der Waals surface area contributed by atoms with Gasteiger partial charge in [-0.2, -0.15) is 0 Å². The number of anilines is 1. The molecule has 1 fully saturated rings. The zero-order valence-corrected chi connectivity index (χ0v) is 12.7. The van der Waals surface area contributed by atoms with Crippen molar-refractivity contribution in [2.24, 2.45) is 5.92 Å². The van der Waals surface area contributed by atoms with Gasteiger partial charge in [-0.05, 0) is 49.3 Å². The fourth-order valence-electron chi connectivity index (χ4n) is 2.71. The SMILES string of the molecule is CCCCc1ccc(NC(=O)N2CCC[C@@H](C)C2)cc1. The maximum atomic E-state index is 12.2. The lowest BCUT2D eigenvalue weighted by Gasteiger charge is -2.30. The molecule has 0 radical (unpaired) electrons. The number of hydrogen-bond acceptors (Lipinski definition) is 1. The number of amides is 2. The lowest BCUT2D eigenvalue weighted by Crippen LogP contribution is -2.41. The van der Waals surface area contributed by atoms with Crippen LogP contribution in [0, 0.1) is 5.92 Å². The summed E-state index contributed by atoms with van der Waals surface area (Å²) in [6.07, 6.45) is 5.90. The van der Waals surface area contributed by atoms with Gasteiger partial charge in [0.1, 0.15) is 0 Å². The fourth-order valence-corrected chi connectivity index (χ4v) is 2.71. The highest BCUT2D eigenvalue weighted by Crippen LogP contribution is 2.17. The summed E-state index contributed by atoms with van der Waals surface area (Å²) in [6, 6.07) is 8.29. The number of nitrogens with zero attached hydrogens (tertiary/aromatic N) is 1. The van der Waals surface area contributed by atoms with E-state index in [2.05, 4.69) is 31.3 Å². The Morgan fingerprint density at radius 1 is 1.35 bits per heavy atom. The number of rotatable bonds is 4. The number of aryl methyl sites for hydroxylation is 1. The van der Waals surface area contributed by atoms with Crippen LogP contribution in [0.1, 0.15) is 45.1 Å². The molecular weight excluding hydrogens is 248 g/mol. The molecule has 20 heavy (non-hydrogen) atoms. The number of likely N-dealkylation sites (tertiary alicyclic amines) is 1. The standard InChI is InChI=1S/C17H26N2O/c1-3-4-7-15-8-10-16(11-9-15)18-17(20)19-12-5-6-14(2)13-19/h8-11,14H,3-7,12-13H2,1-2H3,(H,18,20)/t14-/m1/s1. The maximum Gasteiger partial charge on any atom is 0.321 e. The number of carbonyl (C=O) groups excluding carboxylic acids is 1. The van der Waals surface area contributed by atoms with Crippen molar-refractivity contribution < 1.29 is 4.79 Å². The molecule has 1 saturated heterocycles. The van der Waals surface area contributed by atoms with E-state index in [9.17, 15) is 4.79 Å². The minimum atomic E-state index is 0.0397. The molecule has 1 atom stereocenters. The molecule has 110 valence electrons. The third-order valence-electron chi connectivity index (χ3n) is 3.97. The average molecular weight is 274 g/mol. The molecule has 2 amide bonds. The zero-order chi connectivity index (χ0) is 14.4. The Morgan fingerprint density at radius 2 is 2.10 bits per heavy atom. The van der Waals surface area contributed by atoms with E-state index in [4.69, 9.17) is 0 Å². The Morgan fingerprint density at radius 3 is 2.75 bits per heavy atom.